The van der Waals surface area contributed by atoms with Gasteiger partial charge in [0.25, 0.3) is 11.8 Å². The van der Waals surface area contributed by atoms with Gasteiger partial charge in [0.2, 0.25) is 11.8 Å². The van der Waals surface area contributed by atoms with Crippen molar-refractivity contribution >= 4 is 85.5 Å². The number of halogens is 3. The molecule has 252 valence electrons. The van der Waals surface area contributed by atoms with Crippen molar-refractivity contribution in [2.75, 3.05) is 36.5 Å². The van der Waals surface area contributed by atoms with E-state index < -0.39 is 78.3 Å². The Morgan fingerprint density at radius 1 is 1.04 bits per heavy atom. The zero-order valence-electron chi connectivity index (χ0n) is 25.4. The van der Waals surface area contributed by atoms with Gasteiger partial charge in [-0.3, -0.25) is 44.3 Å². The number of fused-ring (bicyclic) bond motifs is 4. The van der Waals surface area contributed by atoms with E-state index in [1.54, 1.807) is 6.08 Å². The fourth-order valence-corrected chi connectivity index (χ4v) is 9.19. The summed E-state index contributed by atoms with van der Waals surface area (Å²) in [5.74, 6) is -8.05. The average molecular weight is 767 g/mol. The molecule has 18 heteroatoms. The summed E-state index contributed by atoms with van der Waals surface area (Å²) < 4.78 is 5.54. The molecular formula is C30H26BrCl2N5O10. The molecule has 0 spiro atoms. The number of amides is 4. The zero-order chi connectivity index (χ0) is 35.2. The van der Waals surface area contributed by atoms with E-state index in [1.807, 2.05) is 0 Å². The van der Waals surface area contributed by atoms with E-state index in [2.05, 4.69) is 15.9 Å². The molecule has 2 aliphatic carbocycles. The molecule has 1 saturated carbocycles. The summed E-state index contributed by atoms with van der Waals surface area (Å²) >= 11 is 17.6. The lowest BCUT2D eigenvalue weighted by atomic mass is 9.56. The number of carbonyl (C=O) groups excluding carboxylic acids is 4. The highest BCUT2D eigenvalue weighted by atomic mass is 79.9. The molecular weight excluding hydrogens is 741 g/mol. The van der Waals surface area contributed by atoms with Gasteiger partial charge in [-0.05, 0) is 30.9 Å². The number of anilines is 2. The van der Waals surface area contributed by atoms with Gasteiger partial charge in [0.15, 0.2) is 15.4 Å². The summed E-state index contributed by atoms with van der Waals surface area (Å²) in [5.41, 5.74) is -1.93. The van der Waals surface area contributed by atoms with Crippen molar-refractivity contribution in [3.8, 4) is 11.5 Å². The van der Waals surface area contributed by atoms with Crippen LogP contribution in [0.25, 0.3) is 0 Å². The van der Waals surface area contributed by atoms with Gasteiger partial charge >= 0.3 is 11.4 Å². The highest BCUT2D eigenvalue weighted by Gasteiger charge is 2.76. The molecule has 4 amide bonds. The number of carbonyl (C=O) groups is 4. The number of nitrogens with zero attached hydrogens (tertiary/aromatic N) is 5. The van der Waals surface area contributed by atoms with Crippen LogP contribution in [0.1, 0.15) is 24.3 Å². The van der Waals surface area contributed by atoms with Crippen molar-refractivity contribution in [1.29, 1.82) is 0 Å². The molecule has 2 heterocycles. The van der Waals surface area contributed by atoms with Crippen LogP contribution in [0.4, 0.5) is 22.7 Å². The summed E-state index contributed by atoms with van der Waals surface area (Å²) in [5, 5.41) is 35.2. The number of methoxy groups -OCH3 is 1. The van der Waals surface area contributed by atoms with E-state index >= 15 is 0 Å². The fraction of sp³-hybridized carbons (Fsp3) is 0.400. The van der Waals surface area contributed by atoms with Crippen LogP contribution in [0, 0.1) is 38.0 Å². The number of phenolic OH excluding ortho intramolecular Hbond substituents is 1. The number of nitro groups is 2. The van der Waals surface area contributed by atoms with Crippen LogP contribution in [-0.4, -0.2) is 79.9 Å². The quantitative estimate of drug-likeness (QED) is 0.106. The first-order valence-electron chi connectivity index (χ1n) is 14.4. The third-order valence-corrected chi connectivity index (χ3v) is 11.6. The molecule has 1 N–H and O–H groups in total. The third kappa shape index (κ3) is 4.31. The summed E-state index contributed by atoms with van der Waals surface area (Å²) in [6.45, 7) is 0. The Bertz CT molecular complexity index is 1850. The maximum atomic E-state index is 14.4. The Labute approximate surface area is 290 Å². The second kappa shape index (κ2) is 11.4. The second-order valence-corrected chi connectivity index (χ2v) is 13.9. The van der Waals surface area contributed by atoms with Crippen LogP contribution in [0.5, 0.6) is 11.5 Å². The van der Waals surface area contributed by atoms with Crippen LogP contribution in [0.2, 0.25) is 0 Å². The van der Waals surface area contributed by atoms with E-state index in [0.29, 0.717) is 10.5 Å². The average Bonchev–Trinajstić information content (AvgIpc) is 3.37. The molecule has 2 saturated heterocycles. The van der Waals surface area contributed by atoms with Crippen LogP contribution in [0.15, 0.2) is 42.0 Å². The van der Waals surface area contributed by atoms with Gasteiger partial charge < -0.3 is 14.7 Å². The van der Waals surface area contributed by atoms with Crippen molar-refractivity contribution in [3.05, 3.63) is 67.8 Å². The zero-order valence-corrected chi connectivity index (χ0v) is 28.5. The van der Waals surface area contributed by atoms with Gasteiger partial charge in [0.1, 0.15) is 11.5 Å². The van der Waals surface area contributed by atoms with E-state index in [9.17, 15) is 44.5 Å². The summed E-state index contributed by atoms with van der Waals surface area (Å²) in [6.07, 6.45) is 1.21. The van der Waals surface area contributed by atoms with Crippen LogP contribution < -0.4 is 14.5 Å². The number of ether oxygens (including phenoxy) is 1. The lowest BCUT2D eigenvalue weighted by Crippen LogP contribution is -2.60. The molecule has 15 nitrogen and oxygen atoms in total. The van der Waals surface area contributed by atoms with Crippen molar-refractivity contribution in [1.82, 2.24) is 4.90 Å². The number of benzene rings is 2. The monoisotopic (exact) mass is 765 g/mol. The van der Waals surface area contributed by atoms with E-state index in [0.717, 1.165) is 17.0 Å². The lowest BCUT2D eigenvalue weighted by Gasteiger charge is -2.50. The molecule has 48 heavy (non-hydrogen) atoms. The van der Waals surface area contributed by atoms with Crippen LogP contribution in [-0.2, 0) is 19.2 Å². The maximum Gasteiger partial charge on any atom is 0.301 e. The minimum absolute atomic E-state index is 0.0474. The number of hydrogen-bond acceptors (Lipinski definition) is 11. The van der Waals surface area contributed by atoms with E-state index in [1.165, 1.54) is 44.3 Å². The van der Waals surface area contributed by atoms with Gasteiger partial charge in [0.05, 0.1) is 39.9 Å². The molecule has 0 radical (unpaired) electrons. The fourth-order valence-electron chi connectivity index (χ4n) is 7.78. The topological polar surface area (TPSA) is 194 Å². The Balaban J connectivity index is 1.54. The minimum Gasteiger partial charge on any atom is -0.508 e. The predicted octanol–water partition coefficient (Wildman–Crippen LogP) is 4.20. The number of phenols is 1. The van der Waals surface area contributed by atoms with Gasteiger partial charge in [-0.1, -0.05) is 33.6 Å². The molecule has 6 rings (SSSR count). The number of aromatic hydroxyl groups is 1. The standard InChI is InChI=1S/C30H26BrCl2N5O10/c1-34(2)24-17(37(44)45)9-13(10-18(24)38(46)47)36-25(40)15-8-7-14-16(21(15)26(36)41)11-29(32)27(42)35(12-31)28(43)30(29,33)23(14)22-19(39)5-4-6-20(22)48-3/h4-7,9-10,15-16,21,23,39H,8,11-12H2,1-3H3/t15-,16+,21-,23+,29+,30-/m0/s1. The van der Waals surface area contributed by atoms with Crippen LogP contribution in [0.3, 0.4) is 0 Å². The first kappa shape index (κ1) is 33.6. The third-order valence-electron chi connectivity index (χ3n) is 9.72. The van der Waals surface area contributed by atoms with Crippen molar-refractivity contribution in [2.24, 2.45) is 17.8 Å². The number of allylic oxidation sites excluding steroid dienone is 2. The van der Waals surface area contributed by atoms with Crippen molar-refractivity contribution in [3.63, 3.8) is 0 Å². The smallest absolute Gasteiger partial charge is 0.301 e. The normalized spacial score (nSPS) is 29.3. The first-order chi connectivity index (χ1) is 22.6. The maximum absolute atomic E-state index is 14.4. The van der Waals surface area contributed by atoms with E-state index in [-0.39, 0.29) is 46.7 Å². The highest BCUT2D eigenvalue weighted by molar-refractivity contribution is 9.09. The number of hydrogen-bond donors (Lipinski definition) is 1. The van der Waals surface area contributed by atoms with Gasteiger partial charge in [-0.2, -0.15) is 0 Å². The minimum atomic E-state index is -2.20. The van der Waals surface area contributed by atoms with Crippen molar-refractivity contribution in [2.45, 2.75) is 28.5 Å². The van der Waals surface area contributed by atoms with E-state index in [4.69, 9.17) is 27.9 Å². The number of rotatable bonds is 7. The molecule has 3 fully saturated rings. The summed E-state index contributed by atoms with van der Waals surface area (Å²) in [4.78, 5) is 76.9. The van der Waals surface area contributed by atoms with Gasteiger partial charge in [0, 0.05) is 37.7 Å². The molecule has 6 atom stereocenters. The van der Waals surface area contributed by atoms with Gasteiger partial charge in [-0.25, -0.2) is 4.90 Å². The van der Waals surface area contributed by atoms with Crippen molar-refractivity contribution < 1.29 is 38.9 Å². The molecule has 0 aromatic heterocycles. The second-order valence-electron chi connectivity index (χ2n) is 12.1. The molecule has 4 aliphatic rings. The molecule has 0 unspecified atom stereocenters. The SMILES string of the molecule is COc1cccc(O)c1[C@H]1C2=CC[C@@H]3C(=O)N(c4cc([N+](=O)[O-])c(N(C)C)c([N+](=O)[O-])c4)C(=O)[C@@H]3[C@@H]2C[C@@]2(Cl)C(=O)N(CBr)C(=O)[C@@]12Cl. The Morgan fingerprint density at radius 2 is 1.67 bits per heavy atom. The molecule has 2 aliphatic heterocycles. The summed E-state index contributed by atoms with van der Waals surface area (Å²) in [7, 11) is 4.10. The number of likely N-dealkylation sites (tertiary alicyclic amines) is 1. The lowest BCUT2D eigenvalue weighted by molar-refractivity contribution is -0.392. The Morgan fingerprint density at radius 3 is 2.21 bits per heavy atom. The molecule has 2 aromatic carbocycles. The highest BCUT2D eigenvalue weighted by Crippen LogP contribution is 2.67. The Kier molecular flexibility index (Phi) is 7.99. The Hall–Kier alpha value is -4.28. The number of imide groups is 2. The predicted molar refractivity (Wildman–Crippen MR) is 175 cm³/mol. The van der Waals surface area contributed by atoms with Crippen LogP contribution >= 0.6 is 39.1 Å². The molecule has 2 aromatic rings. The first-order valence-corrected chi connectivity index (χ1v) is 16.3. The van der Waals surface area contributed by atoms with Gasteiger partial charge in [-0.15, -0.1) is 23.2 Å². The number of alkyl halides is 3. The molecule has 0 bridgehead atoms. The number of nitro benzene ring substituents is 2. The summed E-state index contributed by atoms with van der Waals surface area (Å²) in [6, 6.07) is 6.23. The largest absolute Gasteiger partial charge is 0.508 e.